The molecule has 1 saturated heterocycles. The Bertz CT molecular complexity index is 1220. The smallest absolute Gasteiger partial charge is 0.124 e. The van der Waals surface area contributed by atoms with Gasteiger partial charge >= 0.3 is 0 Å². The van der Waals surface area contributed by atoms with Crippen LogP contribution in [0.1, 0.15) is 17.0 Å². The van der Waals surface area contributed by atoms with Crippen LogP contribution >= 0.6 is 11.6 Å². The lowest BCUT2D eigenvalue weighted by Crippen LogP contribution is -2.45. The van der Waals surface area contributed by atoms with E-state index in [2.05, 4.69) is 56.8 Å². The van der Waals surface area contributed by atoms with Gasteiger partial charge in [-0.2, -0.15) is 0 Å². The van der Waals surface area contributed by atoms with Gasteiger partial charge in [0.2, 0.25) is 0 Å². The first kappa shape index (κ1) is 22.0. The topological polar surface area (TPSA) is 33.5 Å². The first-order chi connectivity index (χ1) is 16.2. The lowest BCUT2D eigenvalue weighted by atomic mass is 10.2. The lowest BCUT2D eigenvalue weighted by Gasteiger charge is -2.34. The number of benzene rings is 3. The number of piperazine rings is 1. The molecule has 170 valence electrons. The quantitative estimate of drug-likeness (QED) is 0.386. The second kappa shape index (κ2) is 9.96. The number of ether oxygens (including phenoxy) is 1. The molecular weight excluding hydrogens is 432 g/mol. The number of aromatic nitrogens is 2. The molecule has 0 amide bonds. The monoisotopic (exact) mass is 460 g/mol. The second-order valence-corrected chi connectivity index (χ2v) is 9.07. The van der Waals surface area contributed by atoms with Crippen LogP contribution in [-0.2, 0) is 19.6 Å². The fourth-order valence-corrected chi connectivity index (χ4v) is 4.76. The van der Waals surface area contributed by atoms with Crippen molar-refractivity contribution in [1.82, 2.24) is 19.4 Å². The average Bonchev–Trinajstić information content (AvgIpc) is 3.17. The molecule has 1 fully saturated rings. The molecule has 1 aliphatic heterocycles. The van der Waals surface area contributed by atoms with Crippen molar-refractivity contribution in [2.75, 3.05) is 33.3 Å². The highest BCUT2D eigenvalue weighted by molar-refractivity contribution is 6.30. The van der Waals surface area contributed by atoms with Gasteiger partial charge in [0.05, 0.1) is 24.7 Å². The maximum atomic E-state index is 6.26. The molecule has 3 aromatic carbocycles. The molecule has 2 heterocycles. The average molecular weight is 461 g/mol. The maximum Gasteiger partial charge on any atom is 0.124 e. The van der Waals surface area contributed by atoms with Gasteiger partial charge in [0.1, 0.15) is 11.6 Å². The third kappa shape index (κ3) is 5.22. The molecule has 0 saturated carbocycles. The van der Waals surface area contributed by atoms with E-state index in [1.807, 2.05) is 30.3 Å². The van der Waals surface area contributed by atoms with Crippen molar-refractivity contribution in [3.8, 4) is 5.75 Å². The highest BCUT2D eigenvalue weighted by Crippen LogP contribution is 2.25. The molecule has 0 spiro atoms. The van der Waals surface area contributed by atoms with Gasteiger partial charge in [0.15, 0.2) is 0 Å². The van der Waals surface area contributed by atoms with Crippen molar-refractivity contribution in [2.45, 2.75) is 19.6 Å². The number of halogens is 1. The third-order valence-electron chi connectivity index (χ3n) is 6.34. The number of methoxy groups -OCH3 is 1. The van der Waals surface area contributed by atoms with Crippen LogP contribution in [-0.4, -0.2) is 52.6 Å². The molecule has 0 bridgehead atoms. The highest BCUT2D eigenvalue weighted by atomic mass is 35.5. The largest absolute Gasteiger partial charge is 0.497 e. The predicted molar refractivity (Wildman–Crippen MR) is 134 cm³/mol. The molecule has 0 atom stereocenters. The van der Waals surface area contributed by atoms with Crippen LogP contribution in [0.25, 0.3) is 11.0 Å². The number of hydrogen-bond donors (Lipinski definition) is 0. The molecule has 0 N–H and O–H groups in total. The molecule has 5 nitrogen and oxygen atoms in total. The first-order valence-corrected chi connectivity index (χ1v) is 11.8. The Balaban J connectivity index is 1.34. The SMILES string of the molecule is COc1ccc2c(c1)nc(CN1CCN(Cc3ccccc3)CC1)n2Cc1cccc(Cl)c1. The minimum absolute atomic E-state index is 0.743. The van der Waals surface area contributed by atoms with Crippen molar-refractivity contribution < 1.29 is 4.74 Å². The van der Waals surface area contributed by atoms with Crippen molar-refractivity contribution in [3.63, 3.8) is 0 Å². The molecule has 1 aliphatic rings. The molecule has 0 aliphatic carbocycles. The zero-order valence-electron chi connectivity index (χ0n) is 19.0. The van der Waals surface area contributed by atoms with Gasteiger partial charge in [0, 0.05) is 50.4 Å². The van der Waals surface area contributed by atoms with Gasteiger partial charge in [-0.1, -0.05) is 54.1 Å². The van der Waals surface area contributed by atoms with Crippen LogP contribution in [0.5, 0.6) is 5.75 Å². The van der Waals surface area contributed by atoms with Crippen molar-refractivity contribution in [1.29, 1.82) is 0 Å². The van der Waals surface area contributed by atoms with Gasteiger partial charge in [-0.3, -0.25) is 9.80 Å². The van der Waals surface area contributed by atoms with Gasteiger partial charge in [0.25, 0.3) is 0 Å². The molecule has 0 unspecified atom stereocenters. The molecule has 5 rings (SSSR count). The van der Waals surface area contributed by atoms with E-state index in [4.69, 9.17) is 21.3 Å². The Hall–Kier alpha value is -2.86. The van der Waals surface area contributed by atoms with E-state index in [1.165, 1.54) is 11.1 Å². The van der Waals surface area contributed by atoms with E-state index in [0.717, 1.165) is 73.4 Å². The second-order valence-electron chi connectivity index (χ2n) is 8.64. The van der Waals surface area contributed by atoms with Crippen LogP contribution in [0.4, 0.5) is 0 Å². The summed E-state index contributed by atoms with van der Waals surface area (Å²) in [7, 11) is 1.69. The molecule has 0 radical (unpaired) electrons. The summed E-state index contributed by atoms with van der Waals surface area (Å²) in [5, 5.41) is 0.759. The summed E-state index contributed by atoms with van der Waals surface area (Å²) >= 11 is 6.26. The molecular formula is C27H29ClN4O. The lowest BCUT2D eigenvalue weighted by molar-refractivity contribution is 0.119. The Morgan fingerprint density at radius 3 is 2.24 bits per heavy atom. The number of fused-ring (bicyclic) bond motifs is 1. The summed E-state index contributed by atoms with van der Waals surface area (Å²) in [6.07, 6.45) is 0. The van der Waals surface area contributed by atoms with Crippen molar-refractivity contribution in [3.05, 3.63) is 94.8 Å². The van der Waals surface area contributed by atoms with Crippen LogP contribution < -0.4 is 4.74 Å². The normalized spacial score (nSPS) is 15.2. The van der Waals surface area contributed by atoms with Crippen LogP contribution in [0.15, 0.2) is 72.8 Å². The zero-order chi connectivity index (χ0) is 22.6. The van der Waals surface area contributed by atoms with Crippen LogP contribution in [0.3, 0.4) is 0 Å². The molecule has 4 aromatic rings. The number of nitrogens with zero attached hydrogens (tertiary/aromatic N) is 4. The number of rotatable bonds is 7. The highest BCUT2D eigenvalue weighted by Gasteiger charge is 2.20. The minimum Gasteiger partial charge on any atom is -0.497 e. The molecule has 1 aromatic heterocycles. The number of imidazole rings is 1. The van der Waals surface area contributed by atoms with Crippen molar-refractivity contribution in [2.24, 2.45) is 0 Å². The van der Waals surface area contributed by atoms with E-state index in [1.54, 1.807) is 7.11 Å². The molecule has 6 heteroatoms. The fraction of sp³-hybridized carbons (Fsp3) is 0.296. The minimum atomic E-state index is 0.743. The summed E-state index contributed by atoms with van der Waals surface area (Å²) in [5.41, 5.74) is 4.64. The Morgan fingerprint density at radius 1 is 0.788 bits per heavy atom. The van der Waals surface area contributed by atoms with E-state index < -0.39 is 0 Å². The van der Waals surface area contributed by atoms with E-state index in [-0.39, 0.29) is 0 Å². The zero-order valence-corrected chi connectivity index (χ0v) is 19.7. The molecule has 33 heavy (non-hydrogen) atoms. The Morgan fingerprint density at radius 2 is 1.52 bits per heavy atom. The van der Waals surface area contributed by atoms with Gasteiger partial charge in [-0.15, -0.1) is 0 Å². The summed E-state index contributed by atoms with van der Waals surface area (Å²) in [5.74, 6) is 1.91. The van der Waals surface area contributed by atoms with Crippen LogP contribution in [0, 0.1) is 0 Å². The van der Waals surface area contributed by atoms with Gasteiger partial charge in [-0.25, -0.2) is 4.98 Å². The third-order valence-corrected chi connectivity index (χ3v) is 6.58. The van der Waals surface area contributed by atoms with Gasteiger partial charge in [-0.05, 0) is 35.4 Å². The standard InChI is InChI=1S/C27H29ClN4O/c1-33-24-10-11-26-25(17-24)29-27(32(26)19-22-8-5-9-23(28)16-22)20-31-14-12-30(13-15-31)18-21-6-3-2-4-7-21/h2-11,16-17H,12-15,18-20H2,1H3. The van der Waals surface area contributed by atoms with E-state index >= 15 is 0 Å². The number of hydrogen-bond acceptors (Lipinski definition) is 4. The summed E-state index contributed by atoms with van der Waals surface area (Å²) < 4.78 is 7.75. The summed E-state index contributed by atoms with van der Waals surface area (Å²) in [4.78, 5) is 10.1. The Labute approximate surface area is 200 Å². The van der Waals surface area contributed by atoms with Crippen LogP contribution in [0.2, 0.25) is 5.02 Å². The van der Waals surface area contributed by atoms with E-state index in [0.29, 0.717) is 0 Å². The van der Waals surface area contributed by atoms with E-state index in [9.17, 15) is 0 Å². The predicted octanol–water partition coefficient (Wildman–Crippen LogP) is 5.06. The summed E-state index contributed by atoms with van der Waals surface area (Å²) in [6.45, 7) is 6.80. The maximum absolute atomic E-state index is 6.26. The first-order valence-electron chi connectivity index (χ1n) is 11.4. The van der Waals surface area contributed by atoms with Crippen molar-refractivity contribution >= 4 is 22.6 Å². The Kier molecular flexibility index (Phi) is 6.63. The summed E-state index contributed by atoms with van der Waals surface area (Å²) in [6, 6.07) is 24.9. The van der Waals surface area contributed by atoms with Gasteiger partial charge < -0.3 is 9.30 Å². The fourth-order valence-electron chi connectivity index (χ4n) is 4.55.